The predicted molar refractivity (Wildman–Crippen MR) is 117 cm³/mol. The maximum absolute atomic E-state index is 12.4. The van der Waals surface area contributed by atoms with Gasteiger partial charge in [0, 0.05) is 24.7 Å². The van der Waals surface area contributed by atoms with Gasteiger partial charge in [-0.2, -0.15) is 0 Å². The van der Waals surface area contributed by atoms with Crippen LogP contribution in [0, 0.1) is 13.8 Å². The Morgan fingerprint density at radius 2 is 1.90 bits per heavy atom. The number of fused-ring (bicyclic) bond motifs is 1. The van der Waals surface area contributed by atoms with Crippen LogP contribution in [-0.2, 0) is 11.8 Å². The lowest BCUT2D eigenvalue weighted by Gasteiger charge is -2.10. The molecule has 0 unspecified atom stereocenters. The van der Waals surface area contributed by atoms with Crippen molar-refractivity contribution in [2.45, 2.75) is 25.4 Å². The second kappa shape index (κ2) is 8.79. The first kappa shape index (κ1) is 20.3. The van der Waals surface area contributed by atoms with E-state index in [-0.39, 0.29) is 11.7 Å². The van der Waals surface area contributed by atoms with Gasteiger partial charge in [-0.1, -0.05) is 29.5 Å². The first-order valence-electron chi connectivity index (χ1n) is 9.80. The molecule has 156 valence electrons. The van der Waals surface area contributed by atoms with Crippen molar-refractivity contribution in [1.82, 2.24) is 14.8 Å². The Kier molecular flexibility index (Phi) is 5.94. The minimum atomic E-state index is -0.0768. The van der Waals surface area contributed by atoms with Gasteiger partial charge in [-0.05, 0) is 43.7 Å². The summed E-state index contributed by atoms with van der Waals surface area (Å²) >= 11 is 1.35. The Bertz CT molecular complexity index is 1080. The minimum absolute atomic E-state index is 0.0768. The third kappa shape index (κ3) is 4.43. The molecule has 2 aromatic carbocycles. The molecule has 0 radical (unpaired) electrons. The van der Waals surface area contributed by atoms with Crippen molar-refractivity contribution in [2.75, 3.05) is 24.3 Å². The average Bonchev–Trinajstić information content (AvgIpc) is 2.94. The number of amides is 1. The zero-order chi connectivity index (χ0) is 21.1. The number of carbonyl (C=O) groups excluding carboxylic acids is 1. The van der Waals surface area contributed by atoms with Crippen LogP contribution in [-0.4, -0.2) is 39.6 Å². The molecule has 1 N–H and O–H groups in total. The number of nitrogens with zero attached hydrogens (tertiary/aromatic N) is 3. The molecular formula is C22H24N4O3S. The number of nitrogens with one attached hydrogen (secondary N) is 1. The predicted octanol–water partition coefficient (Wildman–Crippen LogP) is 3.99. The van der Waals surface area contributed by atoms with Crippen LogP contribution >= 0.6 is 11.8 Å². The number of rotatable bonds is 5. The summed E-state index contributed by atoms with van der Waals surface area (Å²) in [6.45, 7) is 5.30. The molecule has 8 heteroatoms. The number of carbonyl (C=O) groups is 1. The van der Waals surface area contributed by atoms with Crippen LogP contribution in [0.25, 0.3) is 11.4 Å². The fourth-order valence-electron chi connectivity index (χ4n) is 3.26. The van der Waals surface area contributed by atoms with Crippen molar-refractivity contribution >= 4 is 23.4 Å². The van der Waals surface area contributed by atoms with E-state index in [1.165, 1.54) is 17.3 Å². The third-order valence-electron chi connectivity index (χ3n) is 4.83. The molecule has 2 heterocycles. The lowest BCUT2D eigenvalue weighted by molar-refractivity contribution is -0.113. The van der Waals surface area contributed by atoms with Crippen molar-refractivity contribution in [3.05, 3.63) is 47.5 Å². The summed E-state index contributed by atoms with van der Waals surface area (Å²) < 4.78 is 13.3. The molecule has 0 bridgehead atoms. The van der Waals surface area contributed by atoms with E-state index in [4.69, 9.17) is 9.47 Å². The van der Waals surface area contributed by atoms with E-state index in [1.807, 2.05) is 61.9 Å². The highest BCUT2D eigenvalue weighted by Gasteiger charge is 2.17. The molecule has 1 amide bonds. The van der Waals surface area contributed by atoms with Crippen LogP contribution in [0.5, 0.6) is 11.5 Å². The molecule has 0 aliphatic carbocycles. The Balaban J connectivity index is 1.43. The van der Waals surface area contributed by atoms with Crippen LogP contribution in [0.3, 0.4) is 0 Å². The van der Waals surface area contributed by atoms with Gasteiger partial charge in [0.15, 0.2) is 22.5 Å². The summed E-state index contributed by atoms with van der Waals surface area (Å²) in [5.74, 6) is 2.35. The van der Waals surface area contributed by atoms with Crippen LogP contribution < -0.4 is 14.8 Å². The molecule has 4 rings (SSSR count). The summed E-state index contributed by atoms with van der Waals surface area (Å²) in [5, 5.41) is 12.2. The minimum Gasteiger partial charge on any atom is -0.490 e. The lowest BCUT2D eigenvalue weighted by Crippen LogP contribution is -2.15. The van der Waals surface area contributed by atoms with Gasteiger partial charge in [-0.15, -0.1) is 10.2 Å². The van der Waals surface area contributed by atoms with Crippen LogP contribution in [0.15, 0.2) is 41.6 Å². The number of aromatic nitrogens is 3. The van der Waals surface area contributed by atoms with Crippen molar-refractivity contribution in [3.8, 4) is 22.9 Å². The smallest absolute Gasteiger partial charge is 0.234 e. The van der Waals surface area contributed by atoms with E-state index in [2.05, 4.69) is 15.5 Å². The Morgan fingerprint density at radius 3 is 2.70 bits per heavy atom. The molecular weight excluding hydrogens is 400 g/mol. The molecule has 1 aliphatic rings. The highest BCUT2D eigenvalue weighted by atomic mass is 32.2. The second-order valence-electron chi connectivity index (χ2n) is 7.23. The average molecular weight is 425 g/mol. The van der Waals surface area contributed by atoms with Gasteiger partial charge in [-0.3, -0.25) is 4.79 Å². The summed E-state index contributed by atoms with van der Waals surface area (Å²) in [6.07, 6.45) is 0.860. The monoisotopic (exact) mass is 424 g/mol. The molecule has 1 aromatic heterocycles. The summed E-state index contributed by atoms with van der Waals surface area (Å²) in [4.78, 5) is 12.4. The van der Waals surface area contributed by atoms with E-state index in [1.54, 1.807) is 0 Å². The highest BCUT2D eigenvalue weighted by Crippen LogP contribution is 2.34. The largest absolute Gasteiger partial charge is 0.490 e. The summed E-state index contributed by atoms with van der Waals surface area (Å²) in [7, 11) is 1.89. The number of aryl methyl sites for hydroxylation is 2. The first-order chi connectivity index (χ1) is 14.5. The fraction of sp³-hybridized carbons (Fsp3) is 0.318. The highest BCUT2D eigenvalue weighted by molar-refractivity contribution is 7.99. The number of anilines is 1. The SMILES string of the molecule is Cc1ccc(NC(=O)CSc2nnc(-c3ccc4c(c3)OCCCO4)n2C)c(C)c1. The molecule has 0 spiro atoms. The van der Waals surface area contributed by atoms with Crippen molar-refractivity contribution in [3.63, 3.8) is 0 Å². The topological polar surface area (TPSA) is 78.3 Å². The third-order valence-corrected chi connectivity index (χ3v) is 5.85. The van der Waals surface area contributed by atoms with E-state index >= 15 is 0 Å². The molecule has 0 atom stereocenters. The standard InChI is InChI=1S/C22H24N4O3S/c1-14-5-7-17(15(2)11-14)23-20(27)13-30-22-25-24-21(26(22)3)16-6-8-18-19(12-16)29-10-4-9-28-18/h5-8,11-12H,4,9-10,13H2,1-3H3,(H,23,27). The van der Waals surface area contributed by atoms with Crippen LogP contribution in [0.4, 0.5) is 5.69 Å². The van der Waals surface area contributed by atoms with E-state index < -0.39 is 0 Å². The normalized spacial score (nSPS) is 13.0. The number of benzene rings is 2. The van der Waals surface area contributed by atoms with Gasteiger partial charge in [0.1, 0.15) is 0 Å². The molecule has 0 saturated carbocycles. The fourth-order valence-corrected chi connectivity index (χ4v) is 3.98. The van der Waals surface area contributed by atoms with E-state index in [9.17, 15) is 4.79 Å². The number of ether oxygens (including phenoxy) is 2. The molecule has 7 nitrogen and oxygen atoms in total. The maximum Gasteiger partial charge on any atom is 0.234 e. The zero-order valence-corrected chi connectivity index (χ0v) is 18.1. The van der Waals surface area contributed by atoms with Gasteiger partial charge in [0.05, 0.1) is 19.0 Å². The van der Waals surface area contributed by atoms with Gasteiger partial charge >= 0.3 is 0 Å². The number of hydrogen-bond donors (Lipinski definition) is 1. The summed E-state index contributed by atoms with van der Waals surface area (Å²) in [5.41, 5.74) is 3.93. The van der Waals surface area contributed by atoms with Gasteiger partial charge < -0.3 is 19.4 Å². The van der Waals surface area contributed by atoms with Crippen molar-refractivity contribution in [2.24, 2.45) is 7.05 Å². The molecule has 3 aromatic rings. The Labute approximate surface area is 179 Å². The summed E-state index contributed by atoms with van der Waals surface area (Å²) in [6, 6.07) is 11.7. The van der Waals surface area contributed by atoms with E-state index in [0.717, 1.165) is 34.7 Å². The molecule has 0 fully saturated rings. The van der Waals surface area contributed by atoms with Crippen LogP contribution in [0.1, 0.15) is 17.5 Å². The van der Waals surface area contributed by atoms with Crippen LogP contribution in [0.2, 0.25) is 0 Å². The quantitative estimate of drug-likeness (QED) is 0.624. The van der Waals surface area contributed by atoms with E-state index in [0.29, 0.717) is 24.2 Å². The Hall–Kier alpha value is -3.00. The number of thioether (sulfide) groups is 1. The zero-order valence-electron chi connectivity index (χ0n) is 17.3. The Morgan fingerprint density at radius 1 is 1.10 bits per heavy atom. The lowest BCUT2D eigenvalue weighted by atomic mass is 10.1. The number of hydrogen-bond acceptors (Lipinski definition) is 6. The van der Waals surface area contributed by atoms with Gasteiger partial charge in [0.2, 0.25) is 5.91 Å². The second-order valence-corrected chi connectivity index (χ2v) is 8.17. The van der Waals surface area contributed by atoms with Crippen molar-refractivity contribution in [1.29, 1.82) is 0 Å². The van der Waals surface area contributed by atoms with Gasteiger partial charge in [-0.25, -0.2) is 0 Å². The van der Waals surface area contributed by atoms with Gasteiger partial charge in [0.25, 0.3) is 0 Å². The maximum atomic E-state index is 12.4. The molecule has 0 saturated heterocycles. The molecule has 1 aliphatic heterocycles. The first-order valence-corrected chi connectivity index (χ1v) is 10.8. The van der Waals surface area contributed by atoms with Crippen molar-refractivity contribution < 1.29 is 14.3 Å². The molecule has 30 heavy (non-hydrogen) atoms.